The van der Waals surface area contributed by atoms with Crippen molar-refractivity contribution in [1.82, 2.24) is 15.2 Å². The van der Waals surface area contributed by atoms with E-state index in [4.69, 9.17) is 0 Å². The summed E-state index contributed by atoms with van der Waals surface area (Å²) in [5.41, 5.74) is 3.07. The third-order valence-corrected chi connectivity index (χ3v) is 5.18. The van der Waals surface area contributed by atoms with Crippen molar-refractivity contribution < 1.29 is 4.79 Å². The predicted molar refractivity (Wildman–Crippen MR) is 115 cm³/mol. The number of nitrogens with one attached hydrogen (secondary N) is 2. The number of aromatic nitrogens is 1. The highest BCUT2D eigenvalue weighted by Crippen LogP contribution is 2.19. The molecule has 0 bridgehead atoms. The van der Waals surface area contributed by atoms with E-state index in [1.54, 1.807) is 6.20 Å². The fourth-order valence-electron chi connectivity index (χ4n) is 3.49. The highest BCUT2D eigenvalue weighted by molar-refractivity contribution is 5.89. The van der Waals surface area contributed by atoms with E-state index in [2.05, 4.69) is 57.5 Å². The Kier molecular flexibility index (Phi) is 7.25. The molecule has 0 spiro atoms. The van der Waals surface area contributed by atoms with Gasteiger partial charge in [0.2, 0.25) is 0 Å². The van der Waals surface area contributed by atoms with Crippen molar-refractivity contribution in [3.05, 3.63) is 53.7 Å². The van der Waals surface area contributed by atoms with Crippen molar-refractivity contribution in [2.24, 2.45) is 0 Å². The topological polar surface area (TPSA) is 60.5 Å². The highest BCUT2D eigenvalue weighted by atomic mass is 16.2. The van der Waals surface area contributed by atoms with Crippen LogP contribution in [0.5, 0.6) is 0 Å². The summed E-state index contributed by atoms with van der Waals surface area (Å²) in [4.78, 5) is 21.3. The molecule has 2 N–H and O–H groups in total. The number of urea groups is 1. The van der Waals surface area contributed by atoms with Crippen molar-refractivity contribution in [3.63, 3.8) is 0 Å². The lowest BCUT2D eigenvalue weighted by Crippen LogP contribution is -2.28. The Morgan fingerprint density at radius 1 is 1.11 bits per heavy atom. The van der Waals surface area contributed by atoms with E-state index >= 15 is 0 Å². The van der Waals surface area contributed by atoms with E-state index in [0.29, 0.717) is 12.2 Å². The Morgan fingerprint density at radius 3 is 2.54 bits per heavy atom. The number of hydrogen-bond acceptors (Lipinski definition) is 4. The van der Waals surface area contributed by atoms with Gasteiger partial charge in [-0.3, -0.25) is 4.90 Å². The molecule has 150 valence electrons. The molecule has 28 heavy (non-hydrogen) atoms. The number of amides is 2. The van der Waals surface area contributed by atoms with Crippen LogP contribution in [0.3, 0.4) is 0 Å². The molecular formula is C22H31N5O. The second kappa shape index (κ2) is 10.1. The Hall–Kier alpha value is -2.60. The Bertz CT molecular complexity index is 752. The number of rotatable bonds is 8. The monoisotopic (exact) mass is 381 g/mol. The molecule has 1 aliphatic rings. The smallest absolute Gasteiger partial charge is 0.319 e. The van der Waals surface area contributed by atoms with Gasteiger partial charge in [0, 0.05) is 26.2 Å². The SMILES string of the molecule is CCN(CC)Cc1cccc(CNC(=O)Nc2ccc(N3CCCC3)nc2)c1. The number of anilines is 2. The molecule has 0 atom stereocenters. The number of hydrogen-bond donors (Lipinski definition) is 2. The van der Waals surface area contributed by atoms with Gasteiger partial charge in [-0.25, -0.2) is 9.78 Å². The Labute approximate surface area is 167 Å². The number of benzene rings is 1. The minimum atomic E-state index is -0.218. The molecule has 6 heteroatoms. The third kappa shape index (κ3) is 5.70. The number of carbonyl (C=O) groups excluding carboxylic acids is 1. The molecule has 2 heterocycles. The van der Waals surface area contributed by atoms with Gasteiger partial charge in [0.25, 0.3) is 0 Å². The molecule has 0 unspecified atom stereocenters. The summed E-state index contributed by atoms with van der Waals surface area (Å²) < 4.78 is 0. The van der Waals surface area contributed by atoms with Gasteiger partial charge in [-0.15, -0.1) is 0 Å². The minimum Gasteiger partial charge on any atom is -0.357 e. The van der Waals surface area contributed by atoms with E-state index in [-0.39, 0.29) is 6.03 Å². The number of nitrogens with zero attached hydrogens (tertiary/aromatic N) is 3. The maximum Gasteiger partial charge on any atom is 0.319 e. The molecule has 6 nitrogen and oxygen atoms in total. The van der Waals surface area contributed by atoms with Crippen LogP contribution in [0, 0.1) is 0 Å². The molecule has 0 saturated carbocycles. The molecule has 2 aromatic rings. The van der Waals surface area contributed by atoms with Gasteiger partial charge in [0.05, 0.1) is 11.9 Å². The third-order valence-electron chi connectivity index (χ3n) is 5.18. The van der Waals surface area contributed by atoms with Crippen molar-refractivity contribution in [1.29, 1.82) is 0 Å². The zero-order valence-electron chi connectivity index (χ0n) is 16.9. The van der Waals surface area contributed by atoms with Gasteiger partial charge in [-0.2, -0.15) is 0 Å². The van der Waals surface area contributed by atoms with E-state index in [0.717, 1.165) is 44.1 Å². The van der Waals surface area contributed by atoms with Gasteiger partial charge in [-0.1, -0.05) is 38.1 Å². The second-order valence-corrected chi connectivity index (χ2v) is 7.19. The number of carbonyl (C=O) groups is 1. The maximum absolute atomic E-state index is 12.2. The van der Waals surface area contributed by atoms with Crippen LogP contribution >= 0.6 is 0 Å². The molecule has 2 amide bonds. The van der Waals surface area contributed by atoms with Crippen LogP contribution in [0.4, 0.5) is 16.3 Å². The summed E-state index contributed by atoms with van der Waals surface area (Å²) in [6, 6.07) is 12.0. The summed E-state index contributed by atoms with van der Waals surface area (Å²) in [5, 5.41) is 5.78. The highest BCUT2D eigenvalue weighted by Gasteiger charge is 2.13. The summed E-state index contributed by atoms with van der Waals surface area (Å²) in [6.45, 7) is 9.97. The predicted octanol–water partition coefficient (Wildman–Crippen LogP) is 3.85. The lowest BCUT2D eigenvalue weighted by Gasteiger charge is -2.18. The van der Waals surface area contributed by atoms with Crippen molar-refractivity contribution in [2.75, 3.05) is 36.4 Å². The van der Waals surface area contributed by atoms with Gasteiger partial charge >= 0.3 is 6.03 Å². The standard InChI is InChI=1S/C22H31N5O/c1-3-26(4-2)17-19-9-7-8-18(14-19)15-24-22(28)25-20-10-11-21(23-16-20)27-12-5-6-13-27/h7-11,14,16H,3-6,12-13,15,17H2,1-2H3,(H2,24,25,28). The van der Waals surface area contributed by atoms with Crippen LogP contribution in [-0.4, -0.2) is 42.1 Å². The zero-order chi connectivity index (χ0) is 19.8. The fraction of sp³-hybridized carbons (Fsp3) is 0.455. The lowest BCUT2D eigenvalue weighted by atomic mass is 10.1. The first kappa shape index (κ1) is 20.1. The average molecular weight is 382 g/mol. The van der Waals surface area contributed by atoms with E-state index < -0.39 is 0 Å². The average Bonchev–Trinajstić information content (AvgIpc) is 3.26. The number of pyridine rings is 1. The van der Waals surface area contributed by atoms with Crippen LogP contribution in [0.15, 0.2) is 42.6 Å². The zero-order valence-corrected chi connectivity index (χ0v) is 16.9. The van der Waals surface area contributed by atoms with Gasteiger partial charge in [-0.05, 0) is 49.2 Å². The first-order chi connectivity index (χ1) is 13.7. The Balaban J connectivity index is 1.48. The Morgan fingerprint density at radius 2 is 1.86 bits per heavy atom. The molecule has 1 aromatic heterocycles. The minimum absolute atomic E-state index is 0.218. The van der Waals surface area contributed by atoms with Crippen molar-refractivity contribution in [3.8, 4) is 0 Å². The van der Waals surface area contributed by atoms with Crippen molar-refractivity contribution >= 4 is 17.5 Å². The first-order valence-electron chi connectivity index (χ1n) is 10.2. The molecule has 0 aliphatic carbocycles. The maximum atomic E-state index is 12.2. The quantitative estimate of drug-likeness (QED) is 0.729. The molecule has 1 fully saturated rings. The molecule has 3 rings (SSSR count). The summed E-state index contributed by atoms with van der Waals surface area (Å²) in [5.74, 6) is 0.980. The summed E-state index contributed by atoms with van der Waals surface area (Å²) >= 11 is 0. The van der Waals surface area contributed by atoms with E-state index in [9.17, 15) is 4.79 Å². The summed E-state index contributed by atoms with van der Waals surface area (Å²) in [7, 11) is 0. The lowest BCUT2D eigenvalue weighted by molar-refractivity contribution is 0.251. The van der Waals surface area contributed by atoms with Gasteiger partial charge < -0.3 is 15.5 Å². The van der Waals surface area contributed by atoms with Crippen LogP contribution < -0.4 is 15.5 Å². The van der Waals surface area contributed by atoms with Crippen LogP contribution in [0.2, 0.25) is 0 Å². The molecular weight excluding hydrogens is 350 g/mol. The molecule has 1 aromatic carbocycles. The fourth-order valence-corrected chi connectivity index (χ4v) is 3.49. The van der Waals surface area contributed by atoms with Crippen LogP contribution in [-0.2, 0) is 13.1 Å². The normalized spacial score (nSPS) is 13.8. The van der Waals surface area contributed by atoms with E-state index in [1.807, 2.05) is 18.2 Å². The van der Waals surface area contributed by atoms with Gasteiger partial charge in [0.1, 0.15) is 5.82 Å². The van der Waals surface area contributed by atoms with Crippen molar-refractivity contribution in [2.45, 2.75) is 39.8 Å². The summed E-state index contributed by atoms with van der Waals surface area (Å²) in [6.07, 6.45) is 4.17. The first-order valence-corrected chi connectivity index (χ1v) is 10.2. The van der Waals surface area contributed by atoms with Crippen LogP contribution in [0.25, 0.3) is 0 Å². The molecule has 0 radical (unpaired) electrons. The molecule has 1 saturated heterocycles. The van der Waals surface area contributed by atoms with Crippen LogP contribution in [0.1, 0.15) is 37.8 Å². The second-order valence-electron chi connectivity index (χ2n) is 7.19. The largest absolute Gasteiger partial charge is 0.357 e. The van der Waals surface area contributed by atoms with Gasteiger partial charge in [0.15, 0.2) is 0 Å². The molecule has 1 aliphatic heterocycles. The van der Waals surface area contributed by atoms with E-state index in [1.165, 1.54) is 18.4 Å².